The molecule has 8 nitrogen and oxygen atoms in total. The van der Waals surface area contributed by atoms with Crippen LogP contribution in [0.25, 0.3) is 11.2 Å². The number of rotatable bonds is 9. The van der Waals surface area contributed by atoms with E-state index >= 15 is 0 Å². The van der Waals surface area contributed by atoms with Crippen LogP contribution in [0.3, 0.4) is 0 Å². The molecule has 2 aromatic heterocycles. The Morgan fingerprint density at radius 1 is 0.338 bits per heavy atom. The SMILES string of the molecule is [S-]C1=NC=NC2=NC=NC12.[S-]c1ncnc2[n-]cnc12.c1cc[c]([Pb]([c]2ccccc2)[c]2ccccc2)cc1.c1cc[c]([Pb]([c]2ccccc2)[c]2ccccc2)cc1.c1cc[c]([Pb]([c]2ccccc2)[c]2ccccc2)cc1. The Morgan fingerprint density at radius 3 is 0.909 bits per heavy atom. The average Bonchev–Trinajstić information content (AvgIpc) is 4.22. The third kappa shape index (κ3) is 15.8. The topological polar surface area (TPSA) is 102 Å². The Labute approximate surface area is 487 Å². The second-order valence-corrected chi connectivity index (χ2v) is 46.8. The summed E-state index contributed by atoms with van der Waals surface area (Å²) in [7, 11) is 0. The van der Waals surface area contributed by atoms with Crippen molar-refractivity contribution in [2.75, 3.05) is 0 Å². The van der Waals surface area contributed by atoms with Gasteiger partial charge in [0.25, 0.3) is 0 Å². The van der Waals surface area contributed by atoms with Crippen molar-refractivity contribution in [2.24, 2.45) is 20.0 Å². The van der Waals surface area contributed by atoms with Crippen LogP contribution in [0, 0.1) is 0 Å². The minimum absolute atomic E-state index is 0.181. The van der Waals surface area contributed by atoms with Gasteiger partial charge in [0.2, 0.25) is 0 Å². The van der Waals surface area contributed by atoms with E-state index in [2.05, 4.69) is 313 Å². The van der Waals surface area contributed by atoms with Gasteiger partial charge >= 0.3 is 369 Å². The maximum atomic E-state index is 4.89. The molecule has 4 heterocycles. The number of nitrogens with zero attached hydrogens (tertiary/aromatic N) is 8. The summed E-state index contributed by atoms with van der Waals surface area (Å²) in [5, 5.41) is 1.00. The second kappa shape index (κ2) is 29.8. The van der Waals surface area contributed by atoms with E-state index in [0.29, 0.717) is 27.1 Å². The van der Waals surface area contributed by atoms with Crippen LogP contribution in [0.2, 0.25) is 0 Å². The van der Waals surface area contributed by atoms with Crippen molar-refractivity contribution in [3.8, 4) is 0 Å². The molecule has 0 bridgehead atoms. The monoisotopic (exact) mass is 1620 g/mol. The molecule has 0 fully saturated rings. The van der Waals surface area contributed by atoms with Gasteiger partial charge in [-0.1, -0.05) is 10.1 Å². The van der Waals surface area contributed by atoms with Gasteiger partial charge < -0.3 is 40.2 Å². The van der Waals surface area contributed by atoms with Crippen LogP contribution in [-0.4, -0.2) is 113 Å². The normalized spacial score (nSPS) is 12.8. The number of fused-ring (bicyclic) bond motifs is 2. The Kier molecular flexibility index (Phi) is 21.4. The van der Waals surface area contributed by atoms with E-state index in [0.717, 1.165) is 0 Å². The van der Waals surface area contributed by atoms with Crippen LogP contribution in [0.15, 0.2) is 311 Å². The van der Waals surface area contributed by atoms with Gasteiger partial charge in [0.05, 0.1) is 0 Å². The predicted octanol–water partition coefficient (Wildman–Crippen LogP) is 6.28. The Hall–Kier alpha value is -6.58. The number of hydrogen-bond donors (Lipinski definition) is 0. The maximum absolute atomic E-state index is 4.89. The van der Waals surface area contributed by atoms with E-state index in [9.17, 15) is 0 Å². The molecular weight excluding hydrogens is 1570 g/mol. The van der Waals surface area contributed by atoms with Crippen LogP contribution in [0.4, 0.5) is 0 Å². The first kappa shape index (κ1) is 55.2. The van der Waals surface area contributed by atoms with Gasteiger partial charge in [-0.15, -0.1) is 0 Å². The average molecular weight is 1620 g/mol. The van der Waals surface area contributed by atoms with Crippen molar-refractivity contribution in [2.45, 2.75) is 11.1 Å². The summed E-state index contributed by atoms with van der Waals surface area (Å²) in [6, 6.07) is 98.9. The fourth-order valence-electron chi connectivity index (χ4n) is 8.44. The number of amidine groups is 1. The molecule has 1 unspecified atom stereocenters. The zero-order valence-corrected chi connectivity index (χ0v) is 55.1. The van der Waals surface area contributed by atoms with Gasteiger partial charge in [0, 0.05) is 17.5 Å². The molecule has 373 valence electrons. The van der Waals surface area contributed by atoms with Gasteiger partial charge in [0.1, 0.15) is 18.7 Å². The molecule has 0 saturated heterocycles. The molecular formula is C64H50N8Pb3S2-3. The summed E-state index contributed by atoms with van der Waals surface area (Å²) in [5.41, 5.74) is 1.18. The van der Waals surface area contributed by atoms with Crippen LogP contribution in [0.5, 0.6) is 0 Å². The molecule has 0 spiro atoms. The van der Waals surface area contributed by atoms with E-state index < -0.39 is 68.1 Å². The van der Waals surface area contributed by atoms with Crippen molar-refractivity contribution in [3.05, 3.63) is 286 Å². The van der Waals surface area contributed by atoms with Gasteiger partial charge in [-0.3, -0.25) is 15.0 Å². The molecule has 0 amide bonds. The molecule has 0 saturated carbocycles. The number of aromatic nitrogens is 4. The quantitative estimate of drug-likeness (QED) is 0.0960. The van der Waals surface area contributed by atoms with Crippen LogP contribution in [-0.2, 0) is 25.3 Å². The Morgan fingerprint density at radius 2 is 0.636 bits per heavy atom. The molecule has 2 aliphatic rings. The fourth-order valence-corrected chi connectivity index (χ4v) is 38.9. The van der Waals surface area contributed by atoms with Gasteiger partial charge in [-0.05, 0) is 6.33 Å². The zero-order valence-electron chi connectivity index (χ0n) is 41.8. The summed E-state index contributed by atoms with van der Waals surface area (Å²) in [4.78, 5) is 30.9. The van der Waals surface area contributed by atoms with Crippen LogP contribution < -0.4 is 33.1 Å². The fraction of sp³-hybridized carbons (Fsp3) is 0.0156. The van der Waals surface area contributed by atoms with Crippen molar-refractivity contribution in [3.63, 3.8) is 0 Å². The molecule has 0 N–H and O–H groups in total. The predicted molar refractivity (Wildman–Crippen MR) is 331 cm³/mol. The molecule has 3 radical (unpaired) electrons. The molecule has 11 aromatic rings. The third-order valence-corrected chi connectivity index (χ3v) is 44.4. The van der Waals surface area contributed by atoms with E-state index in [1.54, 1.807) is 28.1 Å². The van der Waals surface area contributed by atoms with Crippen LogP contribution >= 0.6 is 0 Å². The summed E-state index contributed by atoms with van der Waals surface area (Å²) >= 11 is 3.23. The Bertz CT molecular complexity index is 3040. The van der Waals surface area contributed by atoms with Gasteiger partial charge in [0.15, 0.2) is 5.84 Å². The second-order valence-electron chi connectivity index (χ2n) is 17.0. The van der Waals surface area contributed by atoms with E-state index in [-0.39, 0.29) is 6.04 Å². The van der Waals surface area contributed by atoms with E-state index in [1.165, 1.54) is 25.3 Å². The van der Waals surface area contributed by atoms with E-state index in [4.69, 9.17) is 25.3 Å². The molecule has 9 aromatic carbocycles. The van der Waals surface area contributed by atoms with Crippen molar-refractivity contribution >= 4 is 156 Å². The molecule has 1 atom stereocenters. The molecule has 13 heteroatoms. The van der Waals surface area contributed by atoms with E-state index in [1.807, 2.05) is 0 Å². The standard InChI is InChI=1S/9C6H5.C5H4N4S.C5H3N4S.3Pb/c9*1-2-4-6-5-3-1;2*10-5-3-4(7-1-6-3)8-2-9-5;;;/h9*1-5H;1-3H,(H,6,7,8,9,10);1-2H,(H-,6,7,8,9,10);;;/q;;;;;;;;;;-1;;;/p-2. The van der Waals surface area contributed by atoms with Gasteiger partial charge in [-0.2, -0.15) is 0 Å². The molecule has 77 heavy (non-hydrogen) atoms. The Balaban J connectivity index is 0.000000120. The third-order valence-electron chi connectivity index (χ3n) is 12.0. The van der Waals surface area contributed by atoms with Crippen LogP contribution in [0.1, 0.15) is 0 Å². The summed E-state index contributed by atoms with van der Waals surface area (Å²) in [6.07, 6.45) is 5.69. The minimum atomic E-state index is -2.17. The molecule has 13 rings (SSSR count). The number of hydrogen-bond acceptors (Lipinski definition) is 9. The molecule has 0 aliphatic carbocycles. The van der Waals surface area contributed by atoms with Crippen molar-refractivity contribution in [1.82, 2.24) is 19.9 Å². The number of benzene rings is 9. The summed E-state index contributed by atoms with van der Waals surface area (Å²) < 4.78 is 13.9. The molecule has 2 aliphatic heterocycles. The van der Waals surface area contributed by atoms with Crippen molar-refractivity contribution < 1.29 is 0 Å². The van der Waals surface area contributed by atoms with Gasteiger partial charge in [-0.25, -0.2) is 9.98 Å². The van der Waals surface area contributed by atoms with Crippen molar-refractivity contribution in [1.29, 1.82) is 0 Å². The first-order valence-corrected chi connectivity index (χ1v) is 43.1. The first-order chi connectivity index (χ1) is 38.1. The zero-order chi connectivity index (χ0) is 52.7. The summed E-state index contributed by atoms with van der Waals surface area (Å²) in [5.74, 6) is 0.653. The summed E-state index contributed by atoms with van der Waals surface area (Å²) in [6.45, 7) is 0. The number of imidazole rings is 1. The first-order valence-electron chi connectivity index (χ1n) is 24.8. The number of aliphatic imine (C=N–C) groups is 4.